The predicted molar refractivity (Wildman–Crippen MR) is 69.9 cm³/mol. The Bertz CT molecular complexity index is 656. The summed E-state index contributed by atoms with van der Waals surface area (Å²) in [5.41, 5.74) is 0.190. The molecule has 0 unspecified atom stereocenters. The molecule has 0 atom stereocenters. The van der Waals surface area contributed by atoms with Crippen molar-refractivity contribution in [2.45, 2.75) is 4.58 Å². The van der Waals surface area contributed by atoms with Gasteiger partial charge in [0.25, 0.3) is 0 Å². The average molecular weight is 306 g/mol. The van der Waals surface area contributed by atoms with Crippen LogP contribution in [0.15, 0.2) is 18.2 Å². The van der Waals surface area contributed by atoms with Crippen LogP contribution in [-0.2, 0) is 19.7 Å². The van der Waals surface area contributed by atoms with E-state index in [0.29, 0.717) is 11.5 Å². The lowest BCUT2D eigenvalue weighted by molar-refractivity contribution is 0.354. The van der Waals surface area contributed by atoms with E-state index in [0.717, 1.165) is 0 Å². The van der Waals surface area contributed by atoms with Crippen LogP contribution in [0.3, 0.4) is 0 Å². The second-order valence-corrected chi connectivity index (χ2v) is 8.89. The minimum Gasteiger partial charge on any atom is -0.493 e. The summed E-state index contributed by atoms with van der Waals surface area (Å²) in [5.74, 6) is 0.0409. The molecule has 1 fully saturated rings. The number of benzene rings is 1. The first kappa shape index (κ1) is 14.1. The Hall–Kier alpha value is -1.28. The number of hydrogen-bond donors (Lipinski definition) is 0. The lowest BCUT2D eigenvalue weighted by atomic mass is 10.2. The van der Waals surface area contributed by atoms with E-state index in [4.69, 9.17) is 9.47 Å². The molecule has 0 aliphatic carbocycles. The molecule has 19 heavy (non-hydrogen) atoms. The zero-order valence-electron chi connectivity index (χ0n) is 10.5. The summed E-state index contributed by atoms with van der Waals surface area (Å²) in [5, 5.41) is 0. The monoisotopic (exact) mass is 306 g/mol. The Morgan fingerprint density at radius 2 is 1.47 bits per heavy atom. The van der Waals surface area contributed by atoms with Gasteiger partial charge in [0.15, 0.2) is 35.8 Å². The summed E-state index contributed by atoms with van der Waals surface area (Å²) < 4.78 is 56.1. The zero-order valence-corrected chi connectivity index (χ0v) is 12.1. The number of sulfone groups is 2. The van der Waals surface area contributed by atoms with Crippen LogP contribution in [-0.4, -0.2) is 42.6 Å². The van der Waals surface area contributed by atoms with Crippen molar-refractivity contribution in [2.75, 3.05) is 25.7 Å². The highest BCUT2D eigenvalue weighted by molar-refractivity contribution is 8.11. The number of methoxy groups -OCH3 is 2. The van der Waals surface area contributed by atoms with E-state index in [9.17, 15) is 16.8 Å². The third-order valence-electron chi connectivity index (χ3n) is 2.98. The molecule has 2 rings (SSSR count). The predicted octanol–water partition coefficient (Wildman–Crippen LogP) is 0.546. The van der Waals surface area contributed by atoms with Crippen LogP contribution in [0, 0.1) is 0 Å². The standard InChI is InChI=1S/C11H14O6S2/c1-16-9-4-3-8(7-10(9)17-2)11-18(12,13)5-6-19(11,14)15/h3-4,7,11H,5-6H2,1-2H3. The summed E-state index contributed by atoms with van der Waals surface area (Å²) in [4.78, 5) is 0. The van der Waals surface area contributed by atoms with Gasteiger partial charge < -0.3 is 9.47 Å². The van der Waals surface area contributed by atoms with E-state index in [2.05, 4.69) is 0 Å². The molecule has 0 N–H and O–H groups in total. The Morgan fingerprint density at radius 3 is 1.95 bits per heavy atom. The molecule has 0 aromatic heterocycles. The van der Waals surface area contributed by atoms with Gasteiger partial charge in [-0.2, -0.15) is 0 Å². The highest BCUT2D eigenvalue weighted by Crippen LogP contribution is 2.39. The molecule has 0 radical (unpaired) electrons. The fourth-order valence-electron chi connectivity index (χ4n) is 2.08. The fraction of sp³-hybridized carbons (Fsp3) is 0.455. The maximum atomic E-state index is 11.9. The average Bonchev–Trinajstić information content (AvgIpc) is 2.58. The molecule has 8 heteroatoms. The molecule has 1 aliphatic heterocycles. The SMILES string of the molecule is COc1ccc(C2S(=O)(=O)CCS2(=O)=O)cc1OC. The van der Waals surface area contributed by atoms with Crippen molar-refractivity contribution in [3.63, 3.8) is 0 Å². The Morgan fingerprint density at radius 1 is 0.947 bits per heavy atom. The molecule has 0 spiro atoms. The minimum absolute atomic E-state index is 0.190. The number of hydrogen-bond acceptors (Lipinski definition) is 6. The lowest BCUT2D eigenvalue weighted by Gasteiger charge is -2.13. The fourth-order valence-corrected chi connectivity index (χ4v) is 7.86. The van der Waals surface area contributed by atoms with Crippen molar-refractivity contribution in [3.05, 3.63) is 23.8 Å². The van der Waals surface area contributed by atoms with Crippen LogP contribution in [0.2, 0.25) is 0 Å². The molecule has 1 aliphatic rings. The Kier molecular flexibility index (Phi) is 3.48. The van der Waals surface area contributed by atoms with Crippen LogP contribution in [0.5, 0.6) is 11.5 Å². The van der Waals surface area contributed by atoms with Crippen molar-refractivity contribution in [3.8, 4) is 11.5 Å². The molecule has 1 aromatic rings. The van der Waals surface area contributed by atoms with Crippen molar-refractivity contribution < 1.29 is 26.3 Å². The molecule has 6 nitrogen and oxygen atoms in total. The Labute approximate surface area is 112 Å². The summed E-state index contributed by atoms with van der Waals surface area (Å²) >= 11 is 0. The van der Waals surface area contributed by atoms with E-state index < -0.39 is 24.3 Å². The van der Waals surface area contributed by atoms with Crippen LogP contribution >= 0.6 is 0 Å². The third kappa shape index (κ3) is 2.42. The first-order chi connectivity index (χ1) is 8.81. The second-order valence-electron chi connectivity index (χ2n) is 4.18. The lowest BCUT2D eigenvalue weighted by Crippen LogP contribution is -2.14. The summed E-state index contributed by atoms with van der Waals surface area (Å²) in [6, 6.07) is 4.33. The normalized spacial score (nSPS) is 21.2. The smallest absolute Gasteiger partial charge is 0.187 e. The summed E-state index contributed by atoms with van der Waals surface area (Å²) in [6.45, 7) is 0. The molecular weight excluding hydrogens is 292 g/mol. The minimum atomic E-state index is -3.68. The largest absolute Gasteiger partial charge is 0.493 e. The second kappa shape index (κ2) is 4.68. The van der Waals surface area contributed by atoms with Crippen LogP contribution in [0.4, 0.5) is 0 Å². The summed E-state index contributed by atoms with van der Waals surface area (Å²) in [7, 11) is -4.51. The van der Waals surface area contributed by atoms with Gasteiger partial charge in [0, 0.05) is 0 Å². The van der Waals surface area contributed by atoms with Gasteiger partial charge in [0.05, 0.1) is 25.7 Å². The van der Waals surface area contributed by atoms with Crippen molar-refractivity contribution in [2.24, 2.45) is 0 Å². The van der Waals surface area contributed by atoms with Gasteiger partial charge in [-0.05, 0) is 17.7 Å². The molecule has 1 saturated heterocycles. The van der Waals surface area contributed by atoms with Gasteiger partial charge in [0.1, 0.15) is 0 Å². The van der Waals surface area contributed by atoms with E-state index in [-0.39, 0.29) is 17.1 Å². The van der Waals surface area contributed by atoms with Crippen molar-refractivity contribution in [1.82, 2.24) is 0 Å². The molecule has 1 aromatic carbocycles. The topological polar surface area (TPSA) is 86.7 Å². The maximum absolute atomic E-state index is 11.9. The van der Waals surface area contributed by atoms with E-state index >= 15 is 0 Å². The molecular formula is C11H14O6S2. The van der Waals surface area contributed by atoms with Gasteiger partial charge in [-0.25, -0.2) is 16.8 Å². The van der Waals surface area contributed by atoms with E-state index in [1.807, 2.05) is 0 Å². The van der Waals surface area contributed by atoms with Gasteiger partial charge in [-0.15, -0.1) is 0 Å². The van der Waals surface area contributed by atoms with Crippen LogP contribution in [0.1, 0.15) is 10.1 Å². The first-order valence-corrected chi connectivity index (χ1v) is 8.90. The van der Waals surface area contributed by atoms with E-state index in [1.54, 1.807) is 0 Å². The molecule has 0 amide bonds. The van der Waals surface area contributed by atoms with Gasteiger partial charge >= 0.3 is 0 Å². The number of ether oxygens (including phenoxy) is 2. The van der Waals surface area contributed by atoms with Gasteiger partial charge in [-0.3, -0.25) is 0 Å². The third-order valence-corrected chi connectivity index (χ3v) is 8.40. The number of rotatable bonds is 3. The van der Waals surface area contributed by atoms with Crippen LogP contribution < -0.4 is 9.47 Å². The van der Waals surface area contributed by atoms with Crippen LogP contribution in [0.25, 0.3) is 0 Å². The first-order valence-electron chi connectivity index (χ1n) is 5.47. The van der Waals surface area contributed by atoms with Gasteiger partial charge in [-0.1, -0.05) is 6.07 Å². The zero-order chi connectivity index (χ0) is 14.3. The highest BCUT2D eigenvalue weighted by atomic mass is 32.3. The van der Waals surface area contributed by atoms with Crippen molar-refractivity contribution >= 4 is 19.7 Å². The highest BCUT2D eigenvalue weighted by Gasteiger charge is 2.45. The molecule has 1 heterocycles. The van der Waals surface area contributed by atoms with Crippen molar-refractivity contribution in [1.29, 1.82) is 0 Å². The summed E-state index contributed by atoms with van der Waals surface area (Å²) in [6.07, 6.45) is 0. The maximum Gasteiger partial charge on any atom is 0.187 e. The van der Waals surface area contributed by atoms with Gasteiger partial charge in [0.2, 0.25) is 0 Å². The van der Waals surface area contributed by atoms with E-state index in [1.165, 1.54) is 32.4 Å². The molecule has 106 valence electrons. The quantitative estimate of drug-likeness (QED) is 0.810. The Balaban J connectivity index is 2.59. The molecule has 0 saturated carbocycles. The molecule has 0 bridgehead atoms.